The molecule has 1 aromatic carbocycles. The Morgan fingerprint density at radius 1 is 1.14 bits per heavy atom. The van der Waals surface area contributed by atoms with Crippen LogP contribution in [0.15, 0.2) is 18.2 Å². The van der Waals surface area contributed by atoms with Gasteiger partial charge in [0, 0.05) is 37.2 Å². The Morgan fingerprint density at radius 2 is 1.90 bits per heavy atom. The molecule has 2 heterocycles. The SMILES string of the molecule is O=C1Cc2cc(C(=O)CCC(=O)N3CCCC3)ccc2N1. The Labute approximate surface area is 123 Å². The van der Waals surface area contributed by atoms with Crippen LogP contribution in [0.25, 0.3) is 0 Å². The van der Waals surface area contributed by atoms with Gasteiger partial charge in [-0.1, -0.05) is 0 Å². The third-order valence-corrected chi connectivity index (χ3v) is 4.08. The number of carbonyl (C=O) groups is 3. The number of amides is 2. The molecule has 1 saturated heterocycles. The number of benzene rings is 1. The van der Waals surface area contributed by atoms with Gasteiger partial charge in [0.2, 0.25) is 11.8 Å². The smallest absolute Gasteiger partial charge is 0.228 e. The molecule has 0 bridgehead atoms. The standard InChI is InChI=1S/C16H18N2O3/c19-14(5-6-16(21)18-7-1-2-8-18)11-3-4-13-12(9-11)10-15(20)17-13/h3-4,9H,1-2,5-8,10H2,(H,17,20). The lowest BCUT2D eigenvalue weighted by molar-refractivity contribution is -0.130. The molecule has 2 amide bonds. The van der Waals surface area contributed by atoms with Crippen LogP contribution >= 0.6 is 0 Å². The fourth-order valence-corrected chi connectivity index (χ4v) is 2.89. The molecular weight excluding hydrogens is 268 g/mol. The van der Waals surface area contributed by atoms with Crippen molar-refractivity contribution < 1.29 is 14.4 Å². The predicted molar refractivity (Wildman–Crippen MR) is 78.2 cm³/mol. The summed E-state index contributed by atoms with van der Waals surface area (Å²) in [5, 5.41) is 2.74. The molecule has 0 unspecified atom stereocenters. The molecule has 0 radical (unpaired) electrons. The van der Waals surface area contributed by atoms with Crippen molar-refractivity contribution in [3.05, 3.63) is 29.3 Å². The summed E-state index contributed by atoms with van der Waals surface area (Å²) in [6.45, 7) is 1.64. The zero-order valence-electron chi connectivity index (χ0n) is 11.9. The molecule has 5 nitrogen and oxygen atoms in total. The molecule has 1 aromatic rings. The van der Waals surface area contributed by atoms with Crippen molar-refractivity contribution in [2.24, 2.45) is 0 Å². The highest BCUT2D eigenvalue weighted by atomic mass is 16.2. The highest BCUT2D eigenvalue weighted by molar-refractivity contribution is 6.02. The Morgan fingerprint density at radius 3 is 2.67 bits per heavy atom. The number of fused-ring (bicyclic) bond motifs is 1. The summed E-state index contributed by atoms with van der Waals surface area (Å²) in [6, 6.07) is 5.23. The number of ketones is 1. The molecule has 1 N–H and O–H groups in total. The van der Waals surface area contributed by atoms with Gasteiger partial charge in [0.05, 0.1) is 6.42 Å². The summed E-state index contributed by atoms with van der Waals surface area (Å²) in [7, 11) is 0. The van der Waals surface area contributed by atoms with Gasteiger partial charge < -0.3 is 10.2 Å². The molecule has 110 valence electrons. The highest BCUT2D eigenvalue weighted by Crippen LogP contribution is 2.24. The Kier molecular flexibility index (Phi) is 3.73. The van der Waals surface area contributed by atoms with Crippen LogP contribution in [-0.2, 0) is 16.0 Å². The molecule has 5 heteroatoms. The summed E-state index contributed by atoms with van der Waals surface area (Å²) in [4.78, 5) is 37.2. The molecule has 0 aliphatic carbocycles. The van der Waals surface area contributed by atoms with Crippen LogP contribution in [0.4, 0.5) is 5.69 Å². The van der Waals surface area contributed by atoms with Crippen LogP contribution < -0.4 is 5.32 Å². The van der Waals surface area contributed by atoms with E-state index in [1.807, 2.05) is 4.90 Å². The van der Waals surface area contributed by atoms with Crippen molar-refractivity contribution in [2.75, 3.05) is 18.4 Å². The van der Waals surface area contributed by atoms with E-state index in [1.54, 1.807) is 18.2 Å². The van der Waals surface area contributed by atoms with Gasteiger partial charge >= 0.3 is 0 Å². The lowest BCUT2D eigenvalue weighted by Crippen LogP contribution is -2.27. The molecule has 2 aliphatic rings. The Hall–Kier alpha value is -2.17. The first kappa shape index (κ1) is 13.8. The predicted octanol–water partition coefficient (Wildman–Crippen LogP) is 1.77. The fraction of sp³-hybridized carbons (Fsp3) is 0.438. The van der Waals surface area contributed by atoms with Crippen LogP contribution in [0.1, 0.15) is 41.6 Å². The van der Waals surface area contributed by atoms with E-state index in [2.05, 4.69) is 5.32 Å². The van der Waals surface area contributed by atoms with E-state index >= 15 is 0 Å². The second-order valence-corrected chi connectivity index (χ2v) is 5.61. The first-order valence-corrected chi connectivity index (χ1v) is 7.37. The molecule has 2 aliphatic heterocycles. The van der Waals surface area contributed by atoms with E-state index in [0.29, 0.717) is 12.0 Å². The molecule has 1 fully saturated rings. The summed E-state index contributed by atoms with van der Waals surface area (Å²) in [5.41, 5.74) is 2.22. The topological polar surface area (TPSA) is 66.5 Å². The van der Waals surface area contributed by atoms with E-state index in [0.717, 1.165) is 37.2 Å². The van der Waals surface area contributed by atoms with Gasteiger partial charge in [0.15, 0.2) is 5.78 Å². The largest absolute Gasteiger partial charge is 0.343 e. The molecule has 0 spiro atoms. The first-order valence-electron chi connectivity index (χ1n) is 7.37. The third-order valence-electron chi connectivity index (χ3n) is 4.08. The summed E-state index contributed by atoms with van der Waals surface area (Å²) in [5.74, 6) is -0.0117. The third kappa shape index (κ3) is 2.96. The van der Waals surface area contributed by atoms with Crippen LogP contribution in [0.3, 0.4) is 0 Å². The number of hydrogen-bond acceptors (Lipinski definition) is 3. The summed E-state index contributed by atoms with van der Waals surface area (Å²) < 4.78 is 0. The maximum Gasteiger partial charge on any atom is 0.228 e. The zero-order chi connectivity index (χ0) is 14.8. The quantitative estimate of drug-likeness (QED) is 0.858. The zero-order valence-corrected chi connectivity index (χ0v) is 11.9. The van der Waals surface area contributed by atoms with Crippen molar-refractivity contribution in [2.45, 2.75) is 32.1 Å². The fourth-order valence-electron chi connectivity index (χ4n) is 2.89. The number of rotatable bonds is 4. The molecule has 0 saturated carbocycles. The van der Waals surface area contributed by atoms with Crippen LogP contribution in [0.5, 0.6) is 0 Å². The van der Waals surface area contributed by atoms with E-state index in [9.17, 15) is 14.4 Å². The van der Waals surface area contributed by atoms with Gasteiger partial charge in [0.25, 0.3) is 0 Å². The number of likely N-dealkylation sites (tertiary alicyclic amines) is 1. The van der Waals surface area contributed by atoms with E-state index in [-0.39, 0.29) is 30.4 Å². The first-order chi connectivity index (χ1) is 10.1. The second kappa shape index (κ2) is 5.68. The van der Waals surface area contributed by atoms with E-state index < -0.39 is 0 Å². The highest BCUT2D eigenvalue weighted by Gasteiger charge is 2.21. The van der Waals surface area contributed by atoms with Crippen molar-refractivity contribution >= 4 is 23.3 Å². The maximum atomic E-state index is 12.2. The minimum atomic E-state index is -0.0428. The van der Waals surface area contributed by atoms with Crippen LogP contribution in [0, 0.1) is 0 Å². The Bertz CT molecular complexity index is 604. The monoisotopic (exact) mass is 286 g/mol. The Balaban J connectivity index is 1.59. The summed E-state index contributed by atoms with van der Waals surface area (Å²) in [6.07, 6.45) is 2.95. The van der Waals surface area contributed by atoms with E-state index in [1.165, 1.54) is 0 Å². The lowest BCUT2D eigenvalue weighted by Gasteiger charge is -2.14. The van der Waals surface area contributed by atoms with Crippen LogP contribution in [0.2, 0.25) is 0 Å². The number of hydrogen-bond donors (Lipinski definition) is 1. The van der Waals surface area contributed by atoms with E-state index in [4.69, 9.17) is 0 Å². The number of nitrogens with one attached hydrogen (secondary N) is 1. The number of nitrogens with zero attached hydrogens (tertiary/aromatic N) is 1. The van der Waals surface area contributed by atoms with Crippen molar-refractivity contribution in [3.8, 4) is 0 Å². The average molecular weight is 286 g/mol. The van der Waals surface area contributed by atoms with Gasteiger partial charge in [-0.05, 0) is 36.6 Å². The van der Waals surface area contributed by atoms with Crippen molar-refractivity contribution in [1.82, 2.24) is 4.90 Å². The number of carbonyl (C=O) groups excluding carboxylic acids is 3. The van der Waals surface area contributed by atoms with Gasteiger partial charge in [-0.2, -0.15) is 0 Å². The molecular formula is C16H18N2O3. The van der Waals surface area contributed by atoms with Gasteiger partial charge in [0.1, 0.15) is 0 Å². The molecule has 21 heavy (non-hydrogen) atoms. The lowest BCUT2D eigenvalue weighted by atomic mass is 10.0. The van der Waals surface area contributed by atoms with Gasteiger partial charge in [-0.15, -0.1) is 0 Å². The number of Topliss-reactive ketones (excluding diaryl/α,β-unsaturated/α-hetero) is 1. The minimum Gasteiger partial charge on any atom is -0.343 e. The van der Waals surface area contributed by atoms with Gasteiger partial charge in [-0.25, -0.2) is 0 Å². The molecule has 3 rings (SSSR count). The maximum absolute atomic E-state index is 12.2. The van der Waals surface area contributed by atoms with Crippen molar-refractivity contribution in [3.63, 3.8) is 0 Å². The van der Waals surface area contributed by atoms with Gasteiger partial charge in [-0.3, -0.25) is 14.4 Å². The van der Waals surface area contributed by atoms with Crippen LogP contribution in [-0.4, -0.2) is 35.6 Å². The molecule has 0 aromatic heterocycles. The number of anilines is 1. The molecule has 0 atom stereocenters. The summed E-state index contributed by atoms with van der Waals surface area (Å²) >= 11 is 0. The normalized spacial score (nSPS) is 16.8. The minimum absolute atomic E-state index is 0.0373. The second-order valence-electron chi connectivity index (χ2n) is 5.61. The average Bonchev–Trinajstić information content (AvgIpc) is 3.11. The van der Waals surface area contributed by atoms with Crippen molar-refractivity contribution in [1.29, 1.82) is 0 Å².